The Kier molecular flexibility index (Phi) is 6.18. The average Bonchev–Trinajstić information content (AvgIpc) is 3.16. The van der Waals surface area contributed by atoms with Crippen molar-refractivity contribution in [3.05, 3.63) is 59.3 Å². The number of halogens is 3. The molecule has 4 rings (SSSR count). The van der Waals surface area contributed by atoms with E-state index in [1.807, 2.05) is 17.5 Å². The van der Waals surface area contributed by atoms with E-state index in [2.05, 4.69) is 18.8 Å². The number of alkyl halides is 3. The molecule has 0 bridgehead atoms. The number of fused-ring (bicyclic) bond motifs is 1. The van der Waals surface area contributed by atoms with Gasteiger partial charge >= 0.3 is 6.18 Å². The van der Waals surface area contributed by atoms with Crippen LogP contribution in [-0.2, 0) is 17.3 Å². The molecule has 0 radical (unpaired) electrons. The van der Waals surface area contributed by atoms with Crippen LogP contribution in [0.2, 0.25) is 0 Å². The summed E-state index contributed by atoms with van der Waals surface area (Å²) in [5.41, 5.74) is 0.647. The Bertz CT molecular complexity index is 1170. The minimum absolute atomic E-state index is 0.141. The molecule has 0 saturated carbocycles. The molecule has 1 atom stereocenters. The fourth-order valence-corrected chi connectivity index (χ4v) is 4.19. The largest absolute Gasteiger partial charge is 0.493 e. The molecule has 1 unspecified atom stereocenters. The smallest absolute Gasteiger partial charge is 0.433 e. The fourth-order valence-electron chi connectivity index (χ4n) is 4.19. The lowest BCUT2D eigenvalue weighted by molar-refractivity contribution is -0.141. The number of hydrogen-bond acceptors (Lipinski definition) is 5. The van der Waals surface area contributed by atoms with Gasteiger partial charge in [-0.3, -0.25) is 4.79 Å². The quantitative estimate of drug-likeness (QED) is 0.470. The van der Waals surface area contributed by atoms with Crippen LogP contribution in [0.1, 0.15) is 67.0 Å². The number of ether oxygens (including phenoxy) is 2. The third-order valence-corrected chi connectivity index (χ3v) is 5.74. The second kappa shape index (κ2) is 8.78. The van der Waals surface area contributed by atoms with E-state index >= 15 is 0 Å². The summed E-state index contributed by atoms with van der Waals surface area (Å²) in [5, 5.41) is 0. The number of imidazole rings is 1. The van der Waals surface area contributed by atoms with Crippen LogP contribution in [0.25, 0.3) is 5.65 Å². The predicted molar refractivity (Wildman–Crippen MR) is 116 cm³/mol. The maximum atomic E-state index is 13.0. The van der Waals surface area contributed by atoms with Gasteiger partial charge in [-0.2, -0.15) is 13.2 Å². The molecule has 1 saturated heterocycles. The van der Waals surface area contributed by atoms with Crippen molar-refractivity contribution < 1.29 is 27.4 Å². The van der Waals surface area contributed by atoms with Gasteiger partial charge in [0.1, 0.15) is 22.8 Å². The number of Topliss-reactive ketones (excluding diaryl/α,β-unsaturated/α-hetero) is 1. The van der Waals surface area contributed by atoms with Crippen LogP contribution < -0.4 is 4.74 Å². The molecule has 1 fully saturated rings. The minimum atomic E-state index is -4.61. The molecule has 0 spiro atoms. The van der Waals surface area contributed by atoms with Crippen LogP contribution in [0.4, 0.5) is 13.2 Å². The maximum absolute atomic E-state index is 13.0. The monoisotopic (exact) mass is 461 g/mol. The van der Waals surface area contributed by atoms with Gasteiger partial charge in [0, 0.05) is 43.0 Å². The van der Waals surface area contributed by atoms with Crippen molar-refractivity contribution >= 4 is 11.4 Å². The topological polar surface area (TPSA) is 65.7 Å². The second-order valence-corrected chi connectivity index (χ2v) is 8.83. The lowest BCUT2D eigenvalue weighted by Gasteiger charge is -2.34. The summed E-state index contributed by atoms with van der Waals surface area (Å²) < 4.78 is 52.3. The zero-order valence-corrected chi connectivity index (χ0v) is 18.8. The summed E-state index contributed by atoms with van der Waals surface area (Å²) in [6, 6.07) is 5.09. The van der Waals surface area contributed by atoms with Gasteiger partial charge < -0.3 is 13.9 Å². The highest BCUT2D eigenvalue weighted by molar-refractivity contribution is 5.96. The molecule has 3 aromatic rings. The number of nitrogens with zero attached hydrogens (tertiary/aromatic N) is 3. The van der Waals surface area contributed by atoms with E-state index in [1.165, 1.54) is 12.1 Å². The first-order valence-corrected chi connectivity index (χ1v) is 10.9. The van der Waals surface area contributed by atoms with Gasteiger partial charge in [-0.1, -0.05) is 6.07 Å². The molecule has 1 aliphatic rings. The molecule has 1 aliphatic heterocycles. The highest BCUT2D eigenvalue weighted by atomic mass is 19.4. The Morgan fingerprint density at radius 2 is 2.06 bits per heavy atom. The summed E-state index contributed by atoms with van der Waals surface area (Å²) in [4.78, 5) is 21.1. The Hall–Kier alpha value is -2.94. The number of hydrogen-bond donors (Lipinski definition) is 0. The van der Waals surface area contributed by atoms with Crippen LogP contribution >= 0.6 is 0 Å². The molecule has 33 heavy (non-hydrogen) atoms. The van der Waals surface area contributed by atoms with Gasteiger partial charge in [0.2, 0.25) is 0 Å². The Balaban J connectivity index is 1.64. The molecule has 0 aliphatic carbocycles. The molecular formula is C24H26F3N3O3. The SMILES string of the molecule is CCOc1cc2nc(C3CCOC(C)(C)C3)cn2cc1CC(=O)c1cccc(C(F)(F)F)n1. The Morgan fingerprint density at radius 3 is 2.76 bits per heavy atom. The standard InChI is InChI=1S/C24H26F3N3O3/c1-4-32-20-11-22-29-18(15-8-9-33-23(2,3)12-15)14-30(22)13-16(20)10-19(31)17-6-5-7-21(28-17)24(25,26)27/h5-7,11,13-15H,4,8-10,12H2,1-3H3. The average molecular weight is 461 g/mol. The summed E-state index contributed by atoms with van der Waals surface area (Å²) in [5.74, 6) is 0.214. The molecular weight excluding hydrogens is 435 g/mol. The van der Waals surface area contributed by atoms with Gasteiger partial charge in [-0.05, 0) is 45.7 Å². The van der Waals surface area contributed by atoms with Crippen LogP contribution in [0, 0.1) is 0 Å². The number of carbonyl (C=O) groups excluding carboxylic acids is 1. The van der Waals surface area contributed by atoms with Crippen molar-refractivity contribution in [2.45, 2.75) is 57.7 Å². The summed E-state index contributed by atoms with van der Waals surface area (Å²) in [7, 11) is 0. The maximum Gasteiger partial charge on any atom is 0.433 e. The molecule has 0 N–H and O–H groups in total. The van der Waals surface area contributed by atoms with Crippen molar-refractivity contribution in [2.24, 2.45) is 0 Å². The van der Waals surface area contributed by atoms with E-state index in [-0.39, 0.29) is 23.6 Å². The van der Waals surface area contributed by atoms with Crippen LogP contribution in [0.3, 0.4) is 0 Å². The van der Waals surface area contributed by atoms with Gasteiger partial charge in [0.25, 0.3) is 0 Å². The van der Waals surface area contributed by atoms with E-state index in [4.69, 9.17) is 14.5 Å². The number of rotatable bonds is 6. The van der Waals surface area contributed by atoms with E-state index in [0.717, 1.165) is 24.6 Å². The third-order valence-electron chi connectivity index (χ3n) is 5.74. The second-order valence-electron chi connectivity index (χ2n) is 8.83. The highest BCUT2D eigenvalue weighted by Crippen LogP contribution is 2.36. The lowest BCUT2D eigenvalue weighted by atomic mass is 9.86. The van der Waals surface area contributed by atoms with Gasteiger partial charge in [-0.25, -0.2) is 9.97 Å². The van der Waals surface area contributed by atoms with Crippen LogP contribution in [0.5, 0.6) is 5.75 Å². The summed E-state index contributed by atoms with van der Waals surface area (Å²) >= 11 is 0. The van der Waals surface area contributed by atoms with Crippen molar-refractivity contribution in [1.29, 1.82) is 0 Å². The Labute approximate surface area is 189 Å². The number of carbonyl (C=O) groups is 1. The first-order chi connectivity index (χ1) is 15.6. The van der Waals surface area contributed by atoms with Gasteiger partial charge in [0.15, 0.2) is 5.78 Å². The summed E-state index contributed by atoms with van der Waals surface area (Å²) in [6.45, 7) is 6.99. The lowest BCUT2D eigenvalue weighted by Crippen LogP contribution is -2.33. The van der Waals surface area contributed by atoms with E-state index in [1.54, 1.807) is 12.3 Å². The molecule has 0 amide bonds. The van der Waals surface area contributed by atoms with Crippen molar-refractivity contribution in [2.75, 3.05) is 13.2 Å². The van der Waals surface area contributed by atoms with Gasteiger partial charge in [-0.15, -0.1) is 0 Å². The zero-order valence-electron chi connectivity index (χ0n) is 18.8. The summed E-state index contributed by atoms with van der Waals surface area (Å²) in [6.07, 6.45) is 0.662. The zero-order chi connectivity index (χ0) is 23.8. The van der Waals surface area contributed by atoms with Crippen molar-refractivity contribution in [3.63, 3.8) is 0 Å². The van der Waals surface area contributed by atoms with Crippen molar-refractivity contribution in [1.82, 2.24) is 14.4 Å². The first-order valence-electron chi connectivity index (χ1n) is 10.9. The third kappa shape index (κ3) is 5.19. The number of aromatic nitrogens is 3. The minimum Gasteiger partial charge on any atom is -0.493 e. The molecule has 4 heterocycles. The van der Waals surface area contributed by atoms with E-state index < -0.39 is 17.7 Å². The predicted octanol–water partition coefficient (Wildman–Crippen LogP) is 5.24. The number of pyridine rings is 2. The fraction of sp³-hybridized carbons (Fsp3) is 0.458. The molecule has 176 valence electrons. The Morgan fingerprint density at radius 1 is 1.27 bits per heavy atom. The van der Waals surface area contributed by atoms with Crippen molar-refractivity contribution in [3.8, 4) is 5.75 Å². The van der Waals surface area contributed by atoms with E-state index in [9.17, 15) is 18.0 Å². The molecule has 6 nitrogen and oxygen atoms in total. The molecule has 9 heteroatoms. The first kappa shape index (κ1) is 23.2. The number of ketones is 1. The highest BCUT2D eigenvalue weighted by Gasteiger charge is 2.33. The normalized spacial score (nSPS) is 18.4. The molecule has 3 aromatic heterocycles. The molecule has 0 aromatic carbocycles. The van der Waals surface area contributed by atoms with Crippen LogP contribution in [-0.4, -0.2) is 39.0 Å². The van der Waals surface area contributed by atoms with Crippen LogP contribution in [0.15, 0.2) is 36.7 Å². The van der Waals surface area contributed by atoms with Gasteiger partial charge in [0.05, 0.1) is 17.9 Å². The van der Waals surface area contributed by atoms with E-state index in [0.29, 0.717) is 30.2 Å².